The van der Waals surface area contributed by atoms with E-state index in [9.17, 15) is 0 Å². The van der Waals surface area contributed by atoms with Crippen molar-refractivity contribution < 1.29 is 9.47 Å². The van der Waals surface area contributed by atoms with Crippen LogP contribution in [0.1, 0.15) is 0 Å². The van der Waals surface area contributed by atoms with Gasteiger partial charge in [0.05, 0.1) is 30.8 Å². The number of methoxy groups -OCH3 is 2. The first-order chi connectivity index (χ1) is 9.33. The maximum Gasteiger partial charge on any atom is 0.171 e. The van der Waals surface area contributed by atoms with Gasteiger partial charge in [-0.3, -0.25) is 0 Å². The highest BCUT2D eigenvalue weighted by atomic mass is 16.5. The van der Waals surface area contributed by atoms with E-state index in [0.29, 0.717) is 11.5 Å². The molecule has 1 aromatic heterocycles. The summed E-state index contributed by atoms with van der Waals surface area (Å²) in [6, 6.07) is 13.7. The lowest BCUT2D eigenvalue weighted by molar-refractivity contribution is 0.356. The zero-order valence-corrected chi connectivity index (χ0v) is 10.8. The van der Waals surface area contributed by atoms with E-state index >= 15 is 0 Å². The number of rotatable bonds is 3. The summed E-state index contributed by atoms with van der Waals surface area (Å²) < 4.78 is 10.7. The van der Waals surface area contributed by atoms with Crippen molar-refractivity contribution in [3.05, 3.63) is 42.5 Å². The van der Waals surface area contributed by atoms with Gasteiger partial charge in [0.25, 0.3) is 0 Å². The number of para-hydroxylation sites is 3. The van der Waals surface area contributed by atoms with E-state index in [2.05, 4.69) is 9.97 Å². The predicted molar refractivity (Wildman–Crippen MR) is 74.6 cm³/mol. The number of benzene rings is 2. The summed E-state index contributed by atoms with van der Waals surface area (Å²) in [7, 11) is 3.25. The molecule has 4 nitrogen and oxygen atoms in total. The average molecular weight is 254 g/mol. The van der Waals surface area contributed by atoms with E-state index in [1.165, 1.54) is 0 Å². The molecule has 96 valence electrons. The van der Waals surface area contributed by atoms with Crippen molar-refractivity contribution in [3.8, 4) is 22.9 Å². The Hall–Kier alpha value is -2.49. The summed E-state index contributed by atoms with van der Waals surface area (Å²) in [6.45, 7) is 0. The summed E-state index contributed by atoms with van der Waals surface area (Å²) in [5.74, 6) is 2.15. The van der Waals surface area contributed by atoms with Gasteiger partial charge in [0, 0.05) is 0 Å². The number of aromatic nitrogens is 2. The van der Waals surface area contributed by atoms with Crippen LogP contribution in [0.5, 0.6) is 11.5 Å². The molecule has 3 rings (SSSR count). The summed E-state index contributed by atoms with van der Waals surface area (Å²) in [5.41, 5.74) is 2.82. The molecular weight excluding hydrogens is 240 g/mol. The zero-order valence-electron chi connectivity index (χ0n) is 10.8. The second-order valence-corrected chi connectivity index (χ2v) is 4.14. The second-order valence-electron chi connectivity index (χ2n) is 4.14. The van der Waals surface area contributed by atoms with Crippen molar-refractivity contribution in [3.63, 3.8) is 0 Å². The summed E-state index contributed by atoms with van der Waals surface area (Å²) >= 11 is 0. The van der Waals surface area contributed by atoms with Crippen LogP contribution in [0.3, 0.4) is 0 Å². The lowest BCUT2D eigenvalue weighted by atomic mass is 10.1. The van der Waals surface area contributed by atoms with Crippen LogP contribution in [-0.2, 0) is 0 Å². The van der Waals surface area contributed by atoms with Gasteiger partial charge in [0.1, 0.15) is 5.82 Å². The SMILES string of the molecule is COc1cccc(-c2nc3ccccc3[nH]2)c1OC. The molecule has 4 heteroatoms. The third-order valence-electron chi connectivity index (χ3n) is 3.05. The van der Waals surface area contributed by atoms with Crippen molar-refractivity contribution >= 4 is 11.0 Å². The minimum Gasteiger partial charge on any atom is -0.493 e. The monoisotopic (exact) mass is 254 g/mol. The van der Waals surface area contributed by atoms with Crippen molar-refractivity contribution in [1.29, 1.82) is 0 Å². The van der Waals surface area contributed by atoms with Crippen LogP contribution >= 0.6 is 0 Å². The first kappa shape index (κ1) is 11.6. The molecule has 0 fully saturated rings. The molecule has 0 saturated carbocycles. The molecule has 0 radical (unpaired) electrons. The van der Waals surface area contributed by atoms with Gasteiger partial charge in [-0.1, -0.05) is 18.2 Å². The first-order valence-electron chi connectivity index (χ1n) is 5.99. The van der Waals surface area contributed by atoms with E-state index in [-0.39, 0.29) is 0 Å². The van der Waals surface area contributed by atoms with Crippen LogP contribution in [0.2, 0.25) is 0 Å². The Labute approximate surface area is 111 Å². The van der Waals surface area contributed by atoms with E-state index in [1.807, 2.05) is 42.5 Å². The molecule has 3 aromatic rings. The van der Waals surface area contributed by atoms with Gasteiger partial charge < -0.3 is 14.5 Å². The lowest BCUT2D eigenvalue weighted by Crippen LogP contribution is -1.93. The lowest BCUT2D eigenvalue weighted by Gasteiger charge is -2.10. The Morgan fingerprint density at radius 2 is 1.79 bits per heavy atom. The molecular formula is C15H14N2O2. The fourth-order valence-corrected chi connectivity index (χ4v) is 2.15. The van der Waals surface area contributed by atoms with Crippen molar-refractivity contribution in [2.45, 2.75) is 0 Å². The van der Waals surface area contributed by atoms with E-state index < -0.39 is 0 Å². The zero-order chi connectivity index (χ0) is 13.2. The number of imidazole rings is 1. The molecule has 1 heterocycles. The van der Waals surface area contributed by atoms with Gasteiger partial charge in [-0.15, -0.1) is 0 Å². The summed E-state index contributed by atoms with van der Waals surface area (Å²) in [6.07, 6.45) is 0. The highest BCUT2D eigenvalue weighted by molar-refractivity contribution is 5.81. The predicted octanol–water partition coefficient (Wildman–Crippen LogP) is 3.25. The Balaban J connectivity index is 2.20. The number of aromatic amines is 1. The molecule has 0 aliphatic carbocycles. The maximum absolute atomic E-state index is 5.43. The maximum atomic E-state index is 5.43. The first-order valence-corrected chi connectivity index (χ1v) is 5.99. The molecule has 0 unspecified atom stereocenters. The number of nitrogens with zero attached hydrogens (tertiary/aromatic N) is 1. The van der Waals surface area contributed by atoms with E-state index in [1.54, 1.807) is 14.2 Å². The Bertz CT molecular complexity index is 686. The van der Waals surface area contributed by atoms with E-state index in [4.69, 9.17) is 9.47 Å². The quantitative estimate of drug-likeness (QED) is 0.780. The number of nitrogens with one attached hydrogen (secondary N) is 1. The minimum absolute atomic E-state index is 0.684. The summed E-state index contributed by atoms with van der Waals surface area (Å²) in [4.78, 5) is 7.87. The fourth-order valence-electron chi connectivity index (χ4n) is 2.15. The van der Waals surface area contributed by atoms with Crippen molar-refractivity contribution in [2.24, 2.45) is 0 Å². The number of H-pyrrole nitrogens is 1. The number of hydrogen-bond acceptors (Lipinski definition) is 3. The molecule has 0 amide bonds. The van der Waals surface area contributed by atoms with Crippen LogP contribution in [0.25, 0.3) is 22.4 Å². The van der Waals surface area contributed by atoms with Crippen LogP contribution < -0.4 is 9.47 Å². The number of hydrogen-bond donors (Lipinski definition) is 1. The molecule has 0 atom stereocenters. The average Bonchev–Trinajstić information content (AvgIpc) is 2.89. The van der Waals surface area contributed by atoms with Gasteiger partial charge in [-0.05, 0) is 24.3 Å². The molecule has 0 aliphatic heterocycles. The Kier molecular flexibility index (Phi) is 2.83. The second kappa shape index (κ2) is 4.65. The third-order valence-corrected chi connectivity index (χ3v) is 3.05. The van der Waals surface area contributed by atoms with Crippen molar-refractivity contribution in [1.82, 2.24) is 9.97 Å². The molecule has 1 N–H and O–H groups in total. The molecule has 0 bridgehead atoms. The largest absolute Gasteiger partial charge is 0.493 e. The normalized spacial score (nSPS) is 10.6. The minimum atomic E-state index is 0.684. The molecule has 2 aromatic carbocycles. The van der Waals surface area contributed by atoms with Crippen LogP contribution in [0, 0.1) is 0 Å². The molecule has 0 saturated heterocycles. The van der Waals surface area contributed by atoms with E-state index in [0.717, 1.165) is 22.4 Å². The standard InChI is InChI=1S/C15H14N2O2/c1-18-13-9-5-6-10(14(13)19-2)15-16-11-7-3-4-8-12(11)17-15/h3-9H,1-2H3,(H,16,17). The Morgan fingerprint density at radius 1 is 0.947 bits per heavy atom. The highest BCUT2D eigenvalue weighted by Crippen LogP contribution is 2.36. The number of fused-ring (bicyclic) bond motifs is 1. The van der Waals surface area contributed by atoms with Gasteiger partial charge in [-0.25, -0.2) is 4.98 Å². The van der Waals surface area contributed by atoms with Crippen LogP contribution in [-0.4, -0.2) is 24.2 Å². The van der Waals surface area contributed by atoms with Crippen molar-refractivity contribution in [2.75, 3.05) is 14.2 Å². The topological polar surface area (TPSA) is 47.1 Å². The third kappa shape index (κ3) is 1.91. The molecule has 0 spiro atoms. The highest BCUT2D eigenvalue weighted by Gasteiger charge is 2.14. The van der Waals surface area contributed by atoms with Crippen LogP contribution in [0.15, 0.2) is 42.5 Å². The van der Waals surface area contributed by atoms with Crippen LogP contribution in [0.4, 0.5) is 0 Å². The van der Waals surface area contributed by atoms with Gasteiger partial charge in [0.15, 0.2) is 11.5 Å². The molecule has 0 aliphatic rings. The molecule has 19 heavy (non-hydrogen) atoms. The van der Waals surface area contributed by atoms with Gasteiger partial charge in [0.2, 0.25) is 0 Å². The van der Waals surface area contributed by atoms with Gasteiger partial charge >= 0.3 is 0 Å². The smallest absolute Gasteiger partial charge is 0.171 e. The van der Waals surface area contributed by atoms with Gasteiger partial charge in [-0.2, -0.15) is 0 Å². The summed E-state index contributed by atoms with van der Waals surface area (Å²) in [5, 5.41) is 0. The Morgan fingerprint density at radius 3 is 2.53 bits per heavy atom. The number of ether oxygens (including phenoxy) is 2. The fraction of sp³-hybridized carbons (Fsp3) is 0.133.